The van der Waals surface area contributed by atoms with E-state index in [9.17, 15) is 0 Å². The molecule has 0 N–H and O–H groups in total. The average Bonchev–Trinajstić information content (AvgIpc) is 4.08. The Morgan fingerprint density at radius 2 is 0.845 bits per heavy atom. The number of aromatic nitrogens is 1. The van der Waals surface area contributed by atoms with Crippen LogP contribution in [0.5, 0.6) is 0 Å². The molecule has 0 bridgehead atoms. The molecule has 334 valence electrons. The minimum Gasteiger partial charge on any atom is -0.323 e. The molecular formula is C67H45N3S. The Balaban J connectivity index is 1.06. The van der Waals surface area contributed by atoms with E-state index in [0.717, 1.165) is 39.6 Å². The number of hydrogen-bond donors (Lipinski definition) is 0. The molecule has 2 heterocycles. The van der Waals surface area contributed by atoms with Gasteiger partial charge in [0, 0.05) is 64.9 Å². The fourth-order valence-corrected chi connectivity index (χ4v) is 12.8. The number of rotatable bonds is 9. The van der Waals surface area contributed by atoms with Gasteiger partial charge in [0.2, 0.25) is 0 Å². The molecule has 0 spiro atoms. The normalized spacial score (nSPS) is 14.0. The third kappa shape index (κ3) is 6.42. The molecule has 3 nitrogen and oxygen atoms in total. The van der Waals surface area contributed by atoms with Crippen LogP contribution in [0.1, 0.15) is 16.7 Å². The molecule has 0 saturated heterocycles. The number of nitrogens with zero attached hydrogens (tertiary/aromatic N) is 3. The van der Waals surface area contributed by atoms with E-state index >= 15 is 0 Å². The van der Waals surface area contributed by atoms with E-state index in [1.165, 1.54) is 75.4 Å². The lowest BCUT2D eigenvalue weighted by atomic mass is 9.78. The summed E-state index contributed by atoms with van der Waals surface area (Å²) in [6.45, 7) is 0. The highest BCUT2D eigenvalue weighted by atomic mass is 32.1. The molecule has 0 saturated carbocycles. The molecule has 1 unspecified atom stereocenters. The summed E-state index contributed by atoms with van der Waals surface area (Å²) in [5.74, 6) is 0. The Morgan fingerprint density at radius 1 is 0.324 bits per heavy atom. The van der Waals surface area contributed by atoms with E-state index < -0.39 is 5.54 Å². The maximum Gasteiger partial charge on any atom is 0.122 e. The van der Waals surface area contributed by atoms with Crippen LogP contribution in [0.4, 0.5) is 28.4 Å². The summed E-state index contributed by atoms with van der Waals surface area (Å²) in [4.78, 5) is 5.06. The topological polar surface area (TPSA) is 11.4 Å². The lowest BCUT2D eigenvalue weighted by molar-refractivity contribution is 0.644. The first-order valence-electron chi connectivity index (χ1n) is 24.3. The van der Waals surface area contributed by atoms with Crippen LogP contribution in [-0.2, 0) is 5.54 Å². The monoisotopic (exact) mass is 923 g/mol. The standard InChI is InChI=1S/C67H45N3S/c1-5-21-46(22-6-1)53-29-14-18-34-62(53)69-63-35-19-15-31-56(63)57-41-38-51(44-64(57)69)68(52-39-42-59-58-32-16-20-36-65(58)71-66(59)45-52)50-37-40-55-54-30-13-17-33-60(54)67(61(55)43-50,47-23-7-2-8-24-47)70(48-25-9-3-10-26-48)49-27-11-4-12-28-49/h1-45H. The summed E-state index contributed by atoms with van der Waals surface area (Å²) in [6, 6.07) is 101. The highest BCUT2D eigenvalue weighted by Crippen LogP contribution is 2.59. The molecule has 4 heteroatoms. The SMILES string of the molecule is c1ccc(-c2ccccc2-n2c3ccccc3c3ccc(N(c4ccc5c(c4)C(c4ccccc4)(N(c4ccccc4)c4ccccc4)c4ccccc4-5)c4ccc5c(c4)sc4ccccc45)cc32)cc1. The van der Waals surface area contributed by atoms with E-state index in [2.05, 4.69) is 287 Å². The minimum atomic E-state index is -0.759. The summed E-state index contributed by atoms with van der Waals surface area (Å²) in [5, 5.41) is 5.00. The van der Waals surface area contributed by atoms with Crippen molar-refractivity contribution in [1.29, 1.82) is 0 Å². The molecule has 14 rings (SSSR count). The predicted octanol–water partition coefficient (Wildman–Crippen LogP) is 18.4. The van der Waals surface area contributed by atoms with E-state index in [1.807, 2.05) is 11.3 Å². The van der Waals surface area contributed by atoms with Crippen molar-refractivity contribution in [3.63, 3.8) is 0 Å². The van der Waals surface area contributed by atoms with Crippen LogP contribution in [0.3, 0.4) is 0 Å². The van der Waals surface area contributed by atoms with Crippen molar-refractivity contribution >= 4 is 81.8 Å². The molecule has 0 aliphatic heterocycles. The van der Waals surface area contributed by atoms with Gasteiger partial charge in [0.05, 0.1) is 16.7 Å². The van der Waals surface area contributed by atoms with Crippen molar-refractivity contribution in [2.24, 2.45) is 0 Å². The molecule has 2 aromatic heterocycles. The lowest BCUT2D eigenvalue weighted by Crippen LogP contribution is -2.44. The zero-order valence-electron chi connectivity index (χ0n) is 38.7. The van der Waals surface area contributed by atoms with Crippen molar-refractivity contribution in [3.8, 4) is 27.9 Å². The van der Waals surface area contributed by atoms with Gasteiger partial charge in [-0.2, -0.15) is 0 Å². The maximum atomic E-state index is 2.57. The smallest absolute Gasteiger partial charge is 0.122 e. The first kappa shape index (κ1) is 41.1. The molecule has 11 aromatic carbocycles. The number of fused-ring (bicyclic) bond motifs is 9. The summed E-state index contributed by atoms with van der Waals surface area (Å²) < 4.78 is 5.02. The second-order valence-electron chi connectivity index (χ2n) is 18.4. The molecule has 0 amide bonds. The fourth-order valence-electron chi connectivity index (χ4n) is 11.6. The predicted molar refractivity (Wildman–Crippen MR) is 301 cm³/mol. The molecule has 1 aliphatic rings. The Labute approximate surface area is 417 Å². The van der Waals surface area contributed by atoms with E-state index in [-0.39, 0.29) is 0 Å². The van der Waals surface area contributed by atoms with Gasteiger partial charge in [0.15, 0.2) is 0 Å². The molecule has 1 atom stereocenters. The Hall–Kier alpha value is -8.96. The average molecular weight is 924 g/mol. The summed E-state index contributed by atoms with van der Waals surface area (Å²) in [6.07, 6.45) is 0. The third-order valence-corrected chi connectivity index (χ3v) is 15.7. The molecule has 13 aromatic rings. The molecule has 0 radical (unpaired) electrons. The summed E-state index contributed by atoms with van der Waals surface area (Å²) in [7, 11) is 0. The van der Waals surface area contributed by atoms with Gasteiger partial charge in [0.1, 0.15) is 5.54 Å². The second kappa shape index (κ2) is 16.6. The zero-order valence-corrected chi connectivity index (χ0v) is 39.5. The first-order chi connectivity index (χ1) is 35.2. The van der Waals surface area contributed by atoms with E-state index in [4.69, 9.17) is 0 Å². The van der Waals surface area contributed by atoms with Gasteiger partial charge in [-0.3, -0.25) is 0 Å². The Bertz CT molecular complexity index is 4080. The van der Waals surface area contributed by atoms with Crippen molar-refractivity contribution in [3.05, 3.63) is 290 Å². The van der Waals surface area contributed by atoms with E-state index in [1.54, 1.807) is 0 Å². The molecule has 0 fully saturated rings. The van der Waals surface area contributed by atoms with Gasteiger partial charge in [-0.1, -0.05) is 194 Å². The summed E-state index contributed by atoms with van der Waals surface area (Å²) in [5.41, 5.74) is 16.6. The lowest BCUT2D eigenvalue weighted by Gasteiger charge is -2.45. The number of benzene rings is 11. The highest BCUT2D eigenvalue weighted by molar-refractivity contribution is 7.25. The van der Waals surface area contributed by atoms with Gasteiger partial charge in [-0.15, -0.1) is 11.3 Å². The van der Waals surface area contributed by atoms with Crippen molar-refractivity contribution in [2.75, 3.05) is 9.80 Å². The second-order valence-corrected chi connectivity index (χ2v) is 19.5. The van der Waals surface area contributed by atoms with Crippen LogP contribution in [0, 0.1) is 0 Å². The molecule has 1 aliphatic carbocycles. The zero-order chi connectivity index (χ0) is 46.9. The quantitative estimate of drug-likeness (QED) is 0.143. The minimum absolute atomic E-state index is 0.759. The van der Waals surface area contributed by atoms with Crippen LogP contribution in [-0.4, -0.2) is 4.57 Å². The van der Waals surface area contributed by atoms with Gasteiger partial charge < -0.3 is 14.4 Å². The number of hydrogen-bond acceptors (Lipinski definition) is 3. The van der Waals surface area contributed by atoms with Gasteiger partial charge in [-0.05, 0) is 112 Å². The van der Waals surface area contributed by atoms with Crippen LogP contribution in [0.2, 0.25) is 0 Å². The van der Waals surface area contributed by atoms with Gasteiger partial charge in [0.25, 0.3) is 0 Å². The highest BCUT2D eigenvalue weighted by Gasteiger charge is 2.50. The van der Waals surface area contributed by atoms with Gasteiger partial charge >= 0.3 is 0 Å². The maximum absolute atomic E-state index is 2.57. The van der Waals surface area contributed by atoms with Crippen molar-refractivity contribution < 1.29 is 0 Å². The van der Waals surface area contributed by atoms with Crippen LogP contribution in [0.15, 0.2) is 273 Å². The van der Waals surface area contributed by atoms with Gasteiger partial charge in [-0.25, -0.2) is 0 Å². The fraction of sp³-hybridized carbons (Fsp3) is 0.0149. The molecular weight excluding hydrogens is 879 g/mol. The first-order valence-corrected chi connectivity index (χ1v) is 25.2. The largest absolute Gasteiger partial charge is 0.323 e. The van der Waals surface area contributed by atoms with Crippen LogP contribution < -0.4 is 9.80 Å². The molecule has 71 heavy (non-hydrogen) atoms. The van der Waals surface area contributed by atoms with Crippen molar-refractivity contribution in [2.45, 2.75) is 5.54 Å². The summed E-state index contributed by atoms with van der Waals surface area (Å²) >= 11 is 1.86. The third-order valence-electron chi connectivity index (χ3n) is 14.6. The number of para-hydroxylation sites is 4. The van der Waals surface area contributed by atoms with Crippen LogP contribution >= 0.6 is 11.3 Å². The Morgan fingerprint density at radius 3 is 1.61 bits per heavy atom. The number of thiophene rings is 1. The van der Waals surface area contributed by atoms with E-state index in [0.29, 0.717) is 0 Å². The van der Waals surface area contributed by atoms with Crippen LogP contribution in [0.25, 0.3) is 69.9 Å². The number of anilines is 5. The Kier molecular flexibility index (Phi) is 9.61. The van der Waals surface area contributed by atoms with Crippen molar-refractivity contribution in [1.82, 2.24) is 4.57 Å².